The number of rotatable bonds is 8. The van der Waals surface area contributed by atoms with Gasteiger partial charge in [0.1, 0.15) is 4.21 Å². The number of hydrogen-bond acceptors (Lipinski definition) is 4. The lowest BCUT2D eigenvalue weighted by atomic mass is 10.2. The molecule has 6 heteroatoms. The standard InChI is InChI=1S/C15H24N2O2S2/c1-11(2)9-17(14-5-6-14)21(18,19)15-7-12(10-20-15)8-16-13-3-4-13/h7,10-11,13-14,16H,3-6,8-9H2,1-2H3. The maximum atomic E-state index is 12.8. The molecule has 2 aliphatic carbocycles. The summed E-state index contributed by atoms with van der Waals surface area (Å²) in [5, 5.41) is 5.41. The summed E-state index contributed by atoms with van der Waals surface area (Å²) < 4.78 is 27.9. The van der Waals surface area contributed by atoms with Crippen LogP contribution in [0, 0.1) is 5.92 Å². The Labute approximate surface area is 131 Å². The zero-order chi connectivity index (χ0) is 15.0. The molecule has 4 nitrogen and oxygen atoms in total. The molecule has 1 aromatic rings. The number of nitrogens with zero attached hydrogens (tertiary/aromatic N) is 1. The van der Waals surface area contributed by atoms with Gasteiger partial charge in [0.25, 0.3) is 10.0 Å². The van der Waals surface area contributed by atoms with Crippen molar-refractivity contribution in [1.82, 2.24) is 9.62 Å². The van der Waals surface area contributed by atoms with Crippen LogP contribution in [0.25, 0.3) is 0 Å². The molecule has 2 aliphatic rings. The van der Waals surface area contributed by atoms with E-state index in [-0.39, 0.29) is 6.04 Å². The number of hydrogen-bond donors (Lipinski definition) is 1. The van der Waals surface area contributed by atoms with E-state index in [9.17, 15) is 8.42 Å². The SMILES string of the molecule is CC(C)CN(C1CC1)S(=O)(=O)c1cc(CNC2CC2)cs1. The summed E-state index contributed by atoms with van der Waals surface area (Å²) in [4.78, 5) is 0. The molecular weight excluding hydrogens is 304 g/mol. The molecule has 0 saturated heterocycles. The molecular formula is C15H24N2O2S2. The molecule has 3 rings (SSSR count). The Hall–Kier alpha value is -0.430. The van der Waals surface area contributed by atoms with Crippen LogP contribution < -0.4 is 5.32 Å². The van der Waals surface area contributed by atoms with Crippen molar-refractivity contribution in [3.05, 3.63) is 17.0 Å². The summed E-state index contributed by atoms with van der Waals surface area (Å²) in [5.74, 6) is 0.358. The van der Waals surface area contributed by atoms with Gasteiger partial charge in [-0.25, -0.2) is 8.42 Å². The van der Waals surface area contributed by atoms with Gasteiger partial charge in [0.15, 0.2) is 0 Å². The number of sulfonamides is 1. The minimum Gasteiger partial charge on any atom is -0.310 e. The van der Waals surface area contributed by atoms with E-state index >= 15 is 0 Å². The molecule has 1 heterocycles. The van der Waals surface area contributed by atoms with Crippen LogP contribution in [0.3, 0.4) is 0 Å². The fourth-order valence-electron chi connectivity index (χ4n) is 2.41. The van der Waals surface area contributed by atoms with Gasteiger partial charge in [-0.2, -0.15) is 4.31 Å². The van der Waals surface area contributed by atoms with Gasteiger partial charge in [-0.15, -0.1) is 11.3 Å². The first-order valence-electron chi connectivity index (χ1n) is 7.79. The third-order valence-corrected chi connectivity index (χ3v) is 7.25. The fourth-order valence-corrected chi connectivity index (χ4v) is 5.60. The Balaban J connectivity index is 1.72. The van der Waals surface area contributed by atoms with Crippen LogP contribution in [0.1, 0.15) is 45.1 Å². The first-order chi connectivity index (χ1) is 9.96. The molecule has 0 spiro atoms. The van der Waals surface area contributed by atoms with Gasteiger partial charge in [-0.3, -0.25) is 0 Å². The topological polar surface area (TPSA) is 49.4 Å². The maximum Gasteiger partial charge on any atom is 0.252 e. The lowest BCUT2D eigenvalue weighted by molar-refractivity contribution is 0.361. The Morgan fingerprint density at radius 1 is 1.33 bits per heavy atom. The Bertz CT molecular complexity index is 587. The highest BCUT2D eigenvalue weighted by molar-refractivity contribution is 7.91. The molecule has 0 atom stereocenters. The molecule has 0 radical (unpaired) electrons. The summed E-state index contributed by atoms with van der Waals surface area (Å²) in [5.41, 5.74) is 1.09. The van der Waals surface area contributed by atoms with E-state index in [0.717, 1.165) is 24.9 Å². The zero-order valence-electron chi connectivity index (χ0n) is 12.7. The molecule has 0 aromatic carbocycles. The van der Waals surface area contributed by atoms with Gasteiger partial charge in [0.05, 0.1) is 0 Å². The summed E-state index contributed by atoms with van der Waals surface area (Å²) in [6, 6.07) is 2.73. The van der Waals surface area contributed by atoms with Crippen LogP contribution in [-0.4, -0.2) is 31.4 Å². The van der Waals surface area contributed by atoms with Crippen molar-refractivity contribution in [2.75, 3.05) is 6.54 Å². The van der Waals surface area contributed by atoms with Crippen LogP contribution >= 0.6 is 11.3 Å². The van der Waals surface area contributed by atoms with Gasteiger partial charge in [-0.1, -0.05) is 13.8 Å². The van der Waals surface area contributed by atoms with Crippen molar-refractivity contribution >= 4 is 21.4 Å². The average molecular weight is 329 g/mol. The fraction of sp³-hybridized carbons (Fsp3) is 0.733. The summed E-state index contributed by atoms with van der Waals surface area (Å²) >= 11 is 1.36. The van der Waals surface area contributed by atoms with Gasteiger partial charge in [0.2, 0.25) is 0 Å². The Morgan fingerprint density at radius 3 is 2.62 bits per heavy atom. The predicted octanol–water partition coefficient (Wildman–Crippen LogP) is 2.81. The predicted molar refractivity (Wildman–Crippen MR) is 85.9 cm³/mol. The van der Waals surface area contributed by atoms with Crippen LogP contribution in [-0.2, 0) is 16.6 Å². The van der Waals surface area contributed by atoms with Crippen molar-refractivity contribution in [3.8, 4) is 0 Å². The van der Waals surface area contributed by atoms with Gasteiger partial charge in [0, 0.05) is 25.2 Å². The van der Waals surface area contributed by atoms with Crippen molar-refractivity contribution in [2.45, 2.75) is 62.4 Å². The third kappa shape index (κ3) is 3.86. The molecule has 0 amide bonds. The van der Waals surface area contributed by atoms with Gasteiger partial charge < -0.3 is 5.32 Å². The second kappa shape index (κ2) is 5.99. The molecule has 1 N–H and O–H groups in total. The van der Waals surface area contributed by atoms with E-state index in [0.29, 0.717) is 22.7 Å². The molecule has 118 valence electrons. The van der Waals surface area contributed by atoms with Crippen LogP contribution in [0.15, 0.2) is 15.7 Å². The van der Waals surface area contributed by atoms with Crippen molar-refractivity contribution in [1.29, 1.82) is 0 Å². The number of nitrogens with one attached hydrogen (secondary N) is 1. The van der Waals surface area contributed by atoms with Crippen LogP contribution in [0.4, 0.5) is 0 Å². The van der Waals surface area contributed by atoms with E-state index in [2.05, 4.69) is 19.2 Å². The molecule has 0 aliphatic heterocycles. The lowest BCUT2D eigenvalue weighted by Gasteiger charge is -2.22. The van der Waals surface area contributed by atoms with E-state index in [4.69, 9.17) is 0 Å². The van der Waals surface area contributed by atoms with Crippen molar-refractivity contribution in [3.63, 3.8) is 0 Å². The highest BCUT2D eigenvalue weighted by atomic mass is 32.2. The van der Waals surface area contributed by atoms with E-state index in [1.165, 1.54) is 24.2 Å². The average Bonchev–Trinajstić information content (AvgIpc) is 3.33. The molecule has 21 heavy (non-hydrogen) atoms. The van der Waals surface area contributed by atoms with Crippen LogP contribution in [0.5, 0.6) is 0 Å². The quantitative estimate of drug-likeness (QED) is 0.798. The Morgan fingerprint density at radius 2 is 2.05 bits per heavy atom. The summed E-state index contributed by atoms with van der Waals surface area (Å²) in [7, 11) is -3.31. The minimum atomic E-state index is -3.31. The molecule has 0 unspecified atom stereocenters. The summed E-state index contributed by atoms with van der Waals surface area (Å²) in [6.45, 7) is 5.56. The van der Waals surface area contributed by atoms with E-state index < -0.39 is 10.0 Å². The molecule has 1 aromatic heterocycles. The first kappa shape index (κ1) is 15.5. The van der Waals surface area contributed by atoms with E-state index in [1.807, 2.05) is 11.4 Å². The molecule has 2 saturated carbocycles. The monoisotopic (exact) mass is 328 g/mol. The normalized spacial score (nSPS) is 19.6. The molecule has 2 fully saturated rings. The minimum absolute atomic E-state index is 0.229. The first-order valence-corrected chi connectivity index (χ1v) is 10.1. The largest absolute Gasteiger partial charge is 0.310 e. The zero-order valence-corrected chi connectivity index (χ0v) is 14.3. The smallest absolute Gasteiger partial charge is 0.252 e. The number of thiophene rings is 1. The Kier molecular flexibility index (Phi) is 4.41. The van der Waals surface area contributed by atoms with Crippen molar-refractivity contribution in [2.24, 2.45) is 5.92 Å². The second-order valence-corrected chi connectivity index (χ2v) is 9.66. The van der Waals surface area contributed by atoms with E-state index in [1.54, 1.807) is 4.31 Å². The van der Waals surface area contributed by atoms with Gasteiger partial charge >= 0.3 is 0 Å². The second-order valence-electron chi connectivity index (χ2n) is 6.63. The summed E-state index contributed by atoms with van der Waals surface area (Å²) in [6.07, 6.45) is 4.51. The lowest BCUT2D eigenvalue weighted by Crippen LogP contribution is -2.35. The maximum absolute atomic E-state index is 12.8. The van der Waals surface area contributed by atoms with Crippen LogP contribution in [0.2, 0.25) is 0 Å². The highest BCUT2D eigenvalue weighted by Gasteiger charge is 2.38. The third-order valence-electron chi connectivity index (χ3n) is 3.86. The highest BCUT2D eigenvalue weighted by Crippen LogP contribution is 2.34. The van der Waals surface area contributed by atoms with Gasteiger partial charge in [-0.05, 0) is 48.6 Å². The molecule has 0 bridgehead atoms. The van der Waals surface area contributed by atoms with Crippen molar-refractivity contribution < 1.29 is 8.42 Å².